The highest BCUT2D eigenvalue weighted by molar-refractivity contribution is 8.00. The quantitative estimate of drug-likeness (QED) is 0.867. The molecule has 1 N–H and O–H groups in total. The van der Waals surface area contributed by atoms with Crippen molar-refractivity contribution in [3.05, 3.63) is 35.4 Å². The Morgan fingerprint density at radius 2 is 1.77 bits per heavy atom. The van der Waals surface area contributed by atoms with Crippen molar-refractivity contribution in [2.75, 3.05) is 5.75 Å². The van der Waals surface area contributed by atoms with Gasteiger partial charge in [0.1, 0.15) is 6.04 Å². The summed E-state index contributed by atoms with van der Waals surface area (Å²) in [6, 6.07) is 7.41. The number of aryl methyl sites for hydroxylation is 1. The van der Waals surface area contributed by atoms with Gasteiger partial charge in [-0.3, -0.25) is 9.59 Å². The number of thioether (sulfide) groups is 1. The summed E-state index contributed by atoms with van der Waals surface area (Å²) >= 11 is 1.79. The zero-order valence-corrected chi connectivity index (χ0v) is 16.8. The van der Waals surface area contributed by atoms with Crippen molar-refractivity contribution in [3.8, 4) is 0 Å². The molecule has 2 amide bonds. The molecule has 4 nitrogen and oxygen atoms in total. The lowest BCUT2D eigenvalue weighted by Gasteiger charge is -2.35. The first-order valence-corrected chi connectivity index (χ1v) is 10.8. The van der Waals surface area contributed by atoms with Crippen LogP contribution < -0.4 is 5.32 Å². The SMILES string of the molecule is Cc1ccc(C(=O)N2[C@H](C(=O)NC(C)C)CS[C@H]2C2CCCCC2)cc1. The number of rotatable bonds is 4. The number of carbonyl (C=O) groups is 2. The number of nitrogens with zero attached hydrogens (tertiary/aromatic N) is 1. The first kappa shape index (κ1) is 19.3. The minimum atomic E-state index is -0.372. The standard InChI is InChI=1S/C21H30N2O2S/c1-14(2)22-19(24)18-13-26-21(17-7-5-4-6-8-17)23(18)20(25)16-11-9-15(3)10-12-16/h9-12,14,17-18,21H,4-8,13H2,1-3H3,(H,22,24)/t18-,21-/m0/s1. The van der Waals surface area contributed by atoms with E-state index in [1.54, 1.807) is 11.8 Å². The van der Waals surface area contributed by atoms with E-state index in [9.17, 15) is 9.59 Å². The van der Waals surface area contributed by atoms with E-state index in [1.807, 2.05) is 49.9 Å². The average molecular weight is 375 g/mol. The van der Waals surface area contributed by atoms with Gasteiger partial charge in [-0.2, -0.15) is 0 Å². The molecule has 0 spiro atoms. The van der Waals surface area contributed by atoms with Crippen molar-refractivity contribution in [2.24, 2.45) is 5.92 Å². The number of nitrogens with one attached hydrogen (secondary N) is 1. The molecule has 1 aromatic carbocycles. The fourth-order valence-electron chi connectivity index (χ4n) is 4.00. The summed E-state index contributed by atoms with van der Waals surface area (Å²) in [7, 11) is 0. The molecule has 0 bridgehead atoms. The van der Waals surface area contributed by atoms with Crippen LogP contribution in [-0.2, 0) is 4.79 Å². The van der Waals surface area contributed by atoms with Gasteiger partial charge >= 0.3 is 0 Å². The molecule has 0 unspecified atom stereocenters. The van der Waals surface area contributed by atoms with Crippen molar-refractivity contribution in [1.82, 2.24) is 10.2 Å². The second kappa shape index (κ2) is 8.47. The van der Waals surface area contributed by atoms with E-state index in [-0.39, 0.29) is 29.3 Å². The molecule has 1 heterocycles. The zero-order valence-electron chi connectivity index (χ0n) is 16.0. The maximum Gasteiger partial charge on any atom is 0.255 e. The summed E-state index contributed by atoms with van der Waals surface area (Å²) in [5.41, 5.74) is 1.82. The van der Waals surface area contributed by atoms with Crippen LogP contribution in [0.3, 0.4) is 0 Å². The summed E-state index contributed by atoms with van der Waals surface area (Å²) in [5.74, 6) is 1.16. The van der Waals surface area contributed by atoms with Gasteiger partial charge < -0.3 is 10.2 Å². The van der Waals surface area contributed by atoms with E-state index in [0.717, 1.165) is 18.4 Å². The van der Waals surface area contributed by atoms with Gasteiger partial charge in [0.05, 0.1) is 5.37 Å². The van der Waals surface area contributed by atoms with Crippen molar-refractivity contribution in [2.45, 2.75) is 70.3 Å². The third-order valence-corrected chi connectivity index (χ3v) is 6.82. The molecule has 2 aliphatic rings. The maximum atomic E-state index is 13.3. The molecule has 26 heavy (non-hydrogen) atoms. The molecule has 142 valence electrons. The Labute approximate surface area is 161 Å². The summed E-state index contributed by atoms with van der Waals surface area (Å²) in [4.78, 5) is 28.0. The Morgan fingerprint density at radius 1 is 1.12 bits per heavy atom. The third kappa shape index (κ3) is 4.25. The second-order valence-corrected chi connectivity index (χ2v) is 9.03. The van der Waals surface area contributed by atoms with Crippen molar-refractivity contribution >= 4 is 23.6 Å². The Balaban J connectivity index is 1.86. The fourth-order valence-corrected chi connectivity index (χ4v) is 5.63. The molecule has 1 aromatic rings. The summed E-state index contributed by atoms with van der Waals surface area (Å²) < 4.78 is 0. The van der Waals surface area contributed by atoms with Crippen LogP contribution in [0.5, 0.6) is 0 Å². The highest BCUT2D eigenvalue weighted by atomic mass is 32.2. The van der Waals surface area contributed by atoms with E-state index in [4.69, 9.17) is 0 Å². The van der Waals surface area contributed by atoms with Crippen LogP contribution >= 0.6 is 11.8 Å². The average Bonchev–Trinajstić information content (AvgIpc) is 3.07. The predicted octanol–water partition coefficient (Wildman–Crippen LogP) is 3.98. The fraction of sp³-hybridized carbons (Fsp3) is 0.619. The van der Waals surface area contributed by atoms with Crippen LogP contribution in [0.15, 0.2) is 24.3 Å². The van der Waals surface area contributed by atoms with Gasteiger partial charge in [-0.05, 0) is 51.7 Å². The summed E-state index contributed by atoms with van der Waals surface area (Å²) in [6.45, 7) is 5.94. The number of amides is 2. The largest absolute Gasteiger partial charge is 0.352 e. The van der Waals surface area contributed by atoms with Gasteiger partial charge in [-0.25, -0.2) is 0 Å². The van der Waals surface area contributed by atoms with Crippen molar-refractivity contribution in [3.63, 3.8) is 0 Å². The van der Waals surface area contributed by atoms with E-state index in [1.165, 1.54) is 19.3 Å². The molecule has 1 saturated heterocycles. The minimum absolute atomic E-state index is 0.00511. The number of carbonyl (C=O) groups excluding carboxylic acids is 2. The summed E-state index contributed by atoms with van der Waals surface area (Å²) in [5, 5.41) is 3.13. The molecule has 1 saturated carbocycles. The molecule has 5 heteroatoms. The predicted molar refractivity (Wildman–Crippen MR) is 107 cm³/mol. The highest BCUT2D eigenvalue weighted by Crippen LogP contribution is 2.41. The molecule has 0 aromatic heterocycles. The van der Waals surface area contributed by atoms with Crippen molar-refractivity contribution < 1.29 is 9.59 Å². The van der Waals surface area contributed by atoms with Crippen LogP contribution in [0.1, 0.15) is 61.9 Å². The molecular weight excluding hydrogens is 344 g/mol. The number of benzene rings is 1. The van der Waals surface area contributed by atoms with Gasteiger partial charge in [0.2, 0.25) is 5.91 Å². The zero-order chi connectivity index (χ0) is 18.7. The van der Waals surface area contributed by atoms with Gasteiger partial charge in [0.15, 0.2) is 0 Å². The lowest BCUT2D eigenvalue weighted by atomic mass is 9.88. The Morgan fingerprint density at radius 3 is 2.38 bits per heavy atom. The Bertz CT molecular complexity index is 638. The van der Waals surface area contributed by atoms with Gasteiger partial charge in [-0.15, -0.1) is 11.8 Å². The first-order chi connectivity index (χ1) is 12.5. The van der Waals surface area contributed by atoms with Gasteiger partial charge in [0.25, 0.3) is 5.91 Å². The second-order valence-electron chi connectivity index (χ2n) is 7.88. The lowest BCUT2D eigenvalue weighted by Crippen LogP contribution is -2.52. The van der Waals surface area contributed by atoms with E-state index in [0.29, 0.717) is 17.2 Å². The first-order valence-electron chi connectivity index (χ1n) is 9.78. The molecular formula is C21H30N2O2S. The maximum absolute atomic E-state index is 13.3. The normalized spacial score (nSPS) is 24.1. The molecule has 3 rings (SSSR count). The number of hydrogen-bond acceptors (Lipinski definition) is 3. The topological polar surface area (TPSA) is 49.4 Å². The molecule has 1 aliphatic carbocycles. The van der Waals surface area contributed by atoms with E-state index in [2.05, 4.69) is 5.32 Å². The summed E-state index contributed by atoms with van der Waals surface area (Å²) in [6.07, 6.45) is 6.08. The molecule has 0 radical (unpaired) electrons. The Hall–Kier alpha value is -1.49. The van der Waals surface area contributed by atoms with Crippen LogP contribution in [0.25, 0.3) is 0 Å². The smallest absolute Gasteiger partial charge is 0.255 e. The van der Waals surface area contributed by atoms with Gasteiger partial charge in [-0.1, -0.05) is 37.0 Å². The van der Waals surface area contributed by atoms with Crippen LogP contribution in [0, 0.1) is 12.8 Å². The van der Waals surface area contributed by atoms with Crippen LogP contribution in [0.4, 0.5) is 0 Å². The van der Waals surface area contributed by atoms with Crippen LogP contribution in [0.2, 0.25) is 0 Å². The lowest BCUT2D eigenvalue weighted by molar-refractivity contribution is -0.125. The molecule has 2 fully saturated rings. The number of hydrogen-bond donors (Lipinski definition) is 1. The third-order valence-electron chi connectivity index (χ3n) is 5.35. The highest BCUT2D eigenvalue weighted by Gasteiger charge is 2.45. The molecule has 2 atom stereocenters. The molecule has 1 aliphatic heterocycles. The Kier molecular flexibility index (Phi) is 6.28. The van der Waals surface area contributed by atoms with E-state index < -0.39 is 0 Å². The minimum Gasteiger partial charge on any atom is -0.352 e. The monoisotopic (exact) mass is 374 g/mol. The van der Waals surface area contributed by atoms with E-state index >= 15 is 0 Å². The van der Waals surface area contributed by atoms with Crippen LogP contribution in [-0.4, -0.2) is 39.9 Å². The van der Waals surface area contributed by atoms with Gasteiger partial charge in [0, 0.05) is 17.4 Å². The van der Waals surface area contributed by atoms with Crippen molar-refractivity contribution in [1.29, 1.82) is 0 Å².